The maximum atomic E-state index is 12.1. The molecule has 1 fully saturated rings. The first-order valence-electron chi connectivity index (χ1n) is 8.46. The topological polar surface area (TPSA) is 126 Å². The lowest BCUT2D eigenvalue weighted by atomic mass is 9.95. The molecule has 0 spiro atoms. The number of hydrogen-bond donors (Lipinski definition) is 0. The van der Waals surface area contributed by atoms with Gasteiger partial charge in [-0.05, 0) is 6.26 Å². The van der Waals surface area contributed by atoms with E-state index < -0.39 is 59.5 Å². The van der Waals surface area contributed by atoms with Gasteiger partial charge in [0.2, 0.25) is 11.8 Å². The van der Waals surface area contributed by atoms with Crippen LogP contribution in [0.4, 0.5) is 0 Å². The van der Waals surface area contributed by atoms with Crippen molar-refractivity contribution in [2.45, 2.75) is 64.4 Å². The second-order valence-corrected chi connectivity index (χ2v) is 7.06. The van der Waals surface area contributed by atoms with Gasteiger partial charge in [-0.1, -0.05) is 0 Å². The lowest BCUT2D eigenvalue weighted by molar-refractivity contribution is -0.221. The van der Waals surface area contributed by atoms with E-state index in [1.165, 1.54) is 32.5 Å². The second kappa shape index (κ2) is 10.4. The molecule has 0 bridgehead atoms. The molecule has 1 rings (SSSR count). The van der Waals surface area contributed by atoms with E-state index >= 15 is 0 Å². The molecule has 1 aliphatic heterocycles. The fraction of sp³-hybridized carbons (Fsp3) is 0.706. The summed E-state index contributed by atoms with van der Waals surface area (Å²) in [4.78, 5) is 59.7. The van der Waals surface area contributed by atoms with Crippen molar-refractivity contribution in [2.24, 2.45) is 0 Å². The molecule has 0 aromatic heterocycles. The summed E-state index contributed by atoms with van der Waals surface area (Å²) < 4.78 is 21.5. The summed E-state index contributed by atoms with van der Waals surface area (Å²) in [5.74, 6) is -3.15. The summed E-state index contributed by atoms with van der Waals surface area (Å²) >= 11 is 1.17. The molecule has 1 aliphatic rings. The predicted molar refractivity (Wildman–Crippen MR) is 96.9 cm³/mol. The van der Waals surface area contributed by atoms with Crippen LogP contribution in [0.2, 0.25) is 0 Å². The Bertz CT molecular complexity index is 624. The largest absolute Gasteiger partial charge is 0.463 e. The number of rotatable bonds is 6. The van der Waals surface area contributed by atoms with Crippen molar-refractivity contribution in [3.8, 4) is 0 Å². The predicted octanol–water partition coefficient (Wildman–Crippen LogP) is 0.264. The quantitative estimate of drug-likeness (QED) is 0.437. The van der Waals surface area contributed by atoms with Crippen molar-refractivity contribution in [1.82, 2.24) is 4.90 Å². The second-order valence-electron chi connectivity index (χ2n) is 6.13. The van der Waals surface area contributed by atoms with Crippen LogP contribution in [0.5, 0.6) is 0 Å². The molecule has 0 radical (unpaired) electrons. The van der Waals surface area contributed by atoms with Gasteiger partial charge < -0.3 is 18.9 Å². The van der Waals surface area contributed by atoms with E-state index in [0.29, 0.717) is 0 Å². The summed E-state index contributed by atoms with van der Waals surface area (Å²) in [6.45, 7) is 5.62. The number of imide groups is 1. The minimum absolute atomic E-state index is 0.269. The van der Waals surface area contributed by atoms with E-state index in [0.717, 1.165) is 18.7 Å². The monoisotopic (exact) mass is 419 g/mol. The molecule has 11 heteroatoms. The van der Waals surface area contributed by atoms with Crippen molar-refractivity contribution in [1.29, 1.82) is 0 Å². The summed E-state index contributed by atoms with van der Waals surface area (Å²) in [7, 11) is 0. The van der Waals surface area contributed by atoms with Crippen LogP contribution in [-0.2, 0) is 42.9 Å². The van der Waals surface area contributed by atoms with Crippen LogP contribution in [-0.4, -0.2) is 77.3 Å². The van der Waals surface area contributed by atoms with E-state index in [-0.39, 0.29) is 6.61 Å². The van der Waals surface area contributed by atoms with Crippen LogP contribution in [0.25, 0.3) is 0 Å². The molecule has 158 valence electrons. The average molecular weight is 419 g/mol. The first-order valence-corrected chi connectivity index (χ1v) is 9.74. The Hall–Kier alpha value is -2.14. The molecule has 5 atom stereocenters. The number of amides is 2. The van der Waals surface area contributed by atoms with E-state index in [9.17, 15) is 24.0 Å². The maximum Gasteiger partial charge on any atom is 0.303 e. The summed E-state index contributed by atoms with van der Waals surface area (Å²) in [5.41, 5.74) is -0.815. The molecule has 0 saturated carbocycles. The van der Waals surface area contributed by atoms with Crippen LogP contribution >= 0.6 is 11.8 Å². The number of thioether (sulfide) groups is 1. The first kappa shape index (κ1) is 23.9. The summed E-state index contributed by atoms with van der Waals surface area (Å²) in [5, 5.41) is 0. The number of carbonyl (C=O) groups is 5. The molecular formula is C17H25NO9S. The molecule has 0 unspecified atom stereocenters. The molecule has 0 aromatic carbocycles. The van der Waals surface area contributed by atoms with Crippen molar-refractivity contribution in [3.05, 3.63) is 0 Å². The van der Waals surface area contributed by atoms with E-state index in [1.54, 1.807) is 6.26 Å². The van der Waals surface area contributed by atoms with Crippen LogP contribution in [0, 0.1) is 0 Å². The normalized spacial score (nSPS) is 26.7. The summed E-state index contributed by atoms with van der Waals surface area (Å²) in [6, 6.07) is -1.05. The molecule has 2 amide bonds. The zero-order chi connectivity index (χ0) is 21.6. The van der Waals surface area contributed by atoms with Crippen LogP contribution in [0.1, 0.15) is 34.6 Å². The third-order valence-corrected chi connectivity index (χ3v) is 4.73. The molecule has 10 nitrogen and oxygen atoms in total. The first-order chi connectivity index (χ1) is 13.0. The van der Waals surface area contributed by atoms with E-state index in [2.05, 4.69) is 0 Å². The SMILES string of the molecule is CS[C@@H]1O[C@H](COC(C)=O)[C@@H](OC(C)=O)[C@H](OC(C)=O)[C@H]1N(C(C)=O)C(C)=O. The van der Waals surface area contributed by atoms with Crippen molar-refractivity contribution < 1.29 is 42.9 Å². The van der Waals surface area contributed by atoms with Crippen LogP contribution in [0.15, 0.2) is 0 Å². The zero-order valence-corrected chi connectivity index (χ0v) is 17.4. The smallest absolute Gasteiger partial charge is 0.303 e. The summed E-state index contributed by atoms with van der Waals surface area (Å²) in [6.07, 6.45) is -1.70. The Morgan fingerprint density at radius 2 is 1.36 bits per heavy atom. The van der Waals surface area contributed by atoms with Crippen molar-refractivity contribution >= 4 is 41.5 Å². The Kier molecular flexibility index (Phi) is 8.89. The minimum Gasteiger partial charge on any atom is -0.463 e. The highest BCUT2D eigenvalue weighted by Crippen LogP contribution is 2.34. The number of ether oxygens (including phenoxy) is 4. The highest BCUT2D eigenvalue weighted by atomic mass is 32.2. The van der Waals surface area contributed by atoms with Crippen molar-refractivity contribution in [2.75, 3.05) is 12.9 Å². The standard InChI is InChI=1S/C17H25NO9S/c1-8(19)18(9(2)20)14-16(26-12(5)23)15(25-11(4)22)13(7-24-10(3)21)27-17(14)28-6/h13-17H,7H2,1-6H3/t13-,14-,15-,16-,17+/m1/s1. The van der Waals surface area contributed by atoms with Gasteiger partial charge in [0.1, 0.15) is 24.2 Å². The van der Waals surface area contributed by atoms with E-state index in [4.69, 9.17) is 18.9 Å². The fourth-order valence-corrected chi connectivity index (χ4v) is 3.80. The number of nitrogens with zero attached hydrogens (tertiary/aromatic N) is 1. The third-order valence-electron chi connectivity index (χ3n) is 3.88. The average Bonchev–Trinajstić information content (AvgIpc) is 2.55. The minimum atomic E-state index is -1.21. The van der Waals surface area contributed by atoms with E-state index in [1.807, 2.05) is 0 Å². The number of carbonyl (C=O) groups excluding carboxylic acids is 5. The Morgan fingerprint density at radius 1 is 0.857 bits per heavy atom. The van der Waals surface area contributed by atoms with Gasteiger partial charge >= 0.3 is 17.9 Å². The van der Waals surface area contributed by atoms with Gasteiger partial charge in [-0.25, -0.2) is 0 Å². The van der Waals surface area contributed by atoms with Gasteiger partial charge in [0.25, 0.3) is 0 Å². The Morgan fingerprint density at radius 3 is 1.75 bits per heavy atom. The molecule has 0 aromatic rings. The number of hydrogen-bond acceptors (Lipinski definition) is 10. The molecule has 28 heavy (non-hydrogen) atoms. The van der Waals surface area contributed by atoms with Gasteiger partial charge in [-0.3, -0.25) is 28.9 Å². The lowest BCUT2D eigenvalue weighted by Crippen LogP contribution is -2.66. The molecule has 0 N–H and O–H groups in total. The van der Waals surface area contributed by atoms with Gasteiger partial charge in [0, 0.05) is 34.6 Å². The molecule has 1 heterocycles. The Balaban J connectivity index is 3.44. The molecule has 1 saturated heterocycles. The molecular weight excluding hydrogens is 394 g/mol. The number of esters is 3. The highest BCUT2D eigenvalue weighted by molar-refractivity contribution is 7.99. The van der Waals surface area contributed by atoms with Crippen molar-refractivity contribution in [3.63, 3.8) is 0 Å². The van der Waals surface area contributed by atoms with Crippen LogP contribution < -0.4 is 0 Å². The van der Waals surface area contributed by atoms with Gasteiger partial charge in [0.15, 0.2) is 12.2 Å². The fourth-order valence-electron chi connectivity index (χ4n) is 2.99. The van der Waals surface area contributed by atoms with Gasteiger partial charge in [-0.2, -0.15) is 0 Å². The third kappa shape index (κ3) is 6.20. The Labute approximate surface area is 167 Å². The molecule has 0 aliphatic carbocycles. The highest BCUT2D eigenvalue weighted by Gasteiger charge is 2.53. The van der Waals surface area contributed by atoms with Gasteiger partial charge in [0.05, 0.1) is 0 Å². The van der Waals surface area contributed by atoms with Gasteiger partial charge in [-0.15, -0.1) is 11.8 Å². The lowest BCUT2D eigenvalue weighted by Gasteiger charge is -2.47. The van der Waals surface area contributed by atoms with Crippen LogP contribution in [0.3, 0.4) is 0 Å². The maximum absolute atomic E-state index is 12.1. The zero-order valence-electron chi connectivity index (χ0n) is 16.6.